The third kappa shape index (κ3) is 6.96. The zero-order chi connectivity index (χ0) is 32.2. The van der Waals surface area contributed by atoms with Gasteiger partial charge in [-0.05, 0) is 43.7 Å². The second-order valence-corrected chi connectivity index (χ2v) is 12.0. The summed E-state index contributed by atoms with van der Waals surface area (Å²) in [5, 5.41) is 0. The second-order valence-electron chi connectivity index (χ2n) is 12.0. The Labute approximate surface area is 256 Å². The Hall–Kier alpha value is -3.38. The lowest BCUT2D eigenvalue weighted by molar-refractivity contribution is -0.162. The van der Waals surface area contributed by atoms with E-state index in [0.29, 0.717) is 30.5 Å². The zero-order valence-electron chi connectivity index (χ0n) is 26.0. The molecule has 2 aromatic rings. The fourth-order valence-electron chi connectivity index (χ4n) is 6.27. The van der Waals surface area contributed by atoms with Gasteiger partial charge in [0.15, 0.2) is 0 Å². The molecule has 3 heterocycles. The van der Waals surface area contributed by atoms with Gasteiger partial charge in [-0.1, -0.05) is 39.0 Å². The highest BCUT2D eigenvalue weighted by Gasteiger charge is 2.60. The number of aromatic nitrogens is 1. The van der Waals surface area contributed by atoms with Crippen LogP contribution in [0.2, 0.25) is 0 Å². The summed E-state index contributed by atoms with van der Waals surface area (Å²) in [5.74, 6) is -1.18. The molecule has 0 bridgehead atoms. The highest BCUT2D eigenvalue weighted by atomic mass is 19.4. The van der Waals surface area contributed by atoms with Crippen LogP contribution < -0.4 is 9.47 Å². The van der Waals surface area contributed by atoms with Crippen LogP contribution in [0.1, 0.15) is 69.7 Å². The highest BCUT2D eigenvalue weighted by molar-refractivity contribution is 5.89. The number of pyridine rings is 1. The molecule has 1 aromatic heterocycles. The molecular weight excluding hydrogens is 581 g/mol. The number of nitrogens with zero attached hydrogens (tertiary/aromatic N) is 2. The van der Waals surface area contributed by atoms with Crippen LogP contribution in [-0.4, -0.2) is 67.4 Å². The van der Waals surface area contributed by atoms with Crippen molar-refractivity contribution >= 4 is 11.9 Å². The van der Waals surface area contributed by atoms with Gasteiger partial charge in [-0.2, -0.15) is 13.2 Å². The molecule has 1 aromatic carbocycles. The molecule has 2 aliphatic rings. The van der Waals surface area contributed by atoms with Gasteiger partial charge in [0.05, 0.1) is 45.1 Å². The maximum Gasteiger partial charge on any atom is 0.417 e. The van der Waals surface area contributed by atoms with Gasteiger partial charge in [0.25, 0.3) is 5.91 Å². The number of halogens is 3. The molecule has 12 heteroatoms. The van der Waals surface area contributed by atoms with Crippen molar-refractivity contribution in [1.82, 2.24) is 9.88 Å². The van der Waals surface area contributed by atoms with Gasteiger partial charge < -0.3 is 28.6 Å². The van der Waals surface area contributed by atoms with Crippen molar-refractivity contribution in [2.45, 2.75) is 84.0 Å². The summed E-state index contributed by atoms with van der Waals surface area (Å²) >= 11 is 0. The Morgan fingerprint density at radius 1 is 1.09 bits per heavy atom. The molecule has 0 aliphatic carbocycles. The van der Waals surface area contributed by atoms with E-state index in [0.717, 1.165) is 18.9 Å². The number of rotatable bonds is 9. The Kier molecular flexibility index (Phi) is 10.5. The van der Waals surface area contributed by atoms with E-state index in [1.54, 1.807) is 31.2 Å². The van der Waals surface area contributed by atoms with Crippen LogP contribution >= 0.6 is 0 Å². The molecule has 5 atom stereocenters. The standard InChI is InChI=1S/C32H41F3N2O7/c1-7-42-30(39)26-24(31(2,3)4)27(44-18-19-16-20(32(33,34)35)17-36-28(19)41-6)25(21-12-8-9-13-22(21)40-5)37(26)29(38)23-14-10-11-15-43-23/h8-9,12-13,16-17,23-27H,7,10-11,14-15,18H2,1-6H3/t23-,24+,25-,26-,27-/m0/s1. The normalized spacial score (nSPS) is 24.2. The smallest absolute Gasteiger partial charge is 0.417 e. The SMILES string of the molecule is CCOC(=O)[C@@H]1[C@@H](C(C)(C)C)[C@H](OCc2cc(C(F)(F)F)cnc2OC)[C@H](c2ccccc2OC)N1C(=O)[C@@H]1CCCCO1. The number of likely N-dealkylation sites (tertiary alicyclic amines) is 1. The Morgan fingerprint density at radius 2 is 1.82 bits per heavy atom. The average Bonchev–Trinajstić information content (AvgIpc) is 3.35. The Bertz CT molecular complexity index is 1310. The number of hydrogen-bond acceptors (Lipinski definition) is 8. The Balaban J connectivity index is 1.89. The van der Waals surface area contributed by atoms with Gasteiger partial charge in [0.2, 0.25) is 5.88 Å². The number of hydrogen-bond donors (Lipinski definition) is 0. The van der Waals surface area contributed by atoms with Crippen LogP contribution in [0.5, 0.6) is 11.6 Å². The molecule has 0 unspecified atom stereocenters. The first-order valence-corrected chi connectivity index (χ1v) is 14.8. The number of amides is 1. The topological polar surface area (TPSA) is 96.4 Å². The number of benzene rings is 1. The molecule has 0 saturated carbocycles. The van der Waals surface area contributed by atoms with E-state index >= 15 is 0 Å². The minimum atomic E-state index is -4.63. The van der Waals surface area contributed by atoms with E-state index in [-0.39, 0.29) is 30.6 Å². The monoisotopic (exact) mass is 622 g/mol. The van der Waals surface area contributed by atoms with Crippen LogP contribution in [0, 0.1) is 11.3 Å². The molecular formula is C32H41F3N2O7. The van der Waals surface area contributed by atoms with Crippen LogP contribution in [0.4, 0.5) is 13.2 Å². The first kappa shape index (κ1) is 33.5. The quantitative estimate of drug-likeness (QED) is 0.327. The van der Waals surface area contributed by atoms with E-state index in [9.17, 15) is 22.8 Å². The van der Waals surface area contributed by atoms with Crippen LogP contribution in [0.3, 0.4) is 0 Å². The summed E-state index contributed by atoms with van der Waals surface area (Å²) in [4.78, 5) is 33.6. The molecule has 2 aliphatic heterocycles. The maximum absolute atomic E-state index is 14.4. The van der Waals surface area contributed by atoms with Crippen LogP contribution in [-0.2, 0) is 36.6 Å². The molecule has 44 heavy (non-hydrogen) atoms. The number of carbonyl (C=O) groups is 2. The van der Waals surface area contributed by atoms with Crippen molar-refractivity contribution in [2.75, 3.05) is 27.4 Å². The molecule has 9 nitrogen and oxygen atoms in total. The van der Waals surface area contributed by atoms with Crippen molar-refractivity contribution in [1.29, 1.82) is 0 Å². The van der Waals surface area contributed by atoms with Crippen molar-refractivity contribution in [2.24, 2.45) is 11.3 Å². The van der Waals surface area contributed by atoms with Crippen molar-refractivity contribution in [3.8, 4) is 11.6 Å². The fraction of sp³-hybridized carbons (Fsp3) is 0.594. The van der Waals surface area contributed by atoms with Crippen LogP contribution in [0.25, 0.3) is 0 Å². The first-order chi connectivity index (χ1) is 20.8. The minimum Gasteiger partial charge on any atom is -0.496 e. The fourth-order valence-corrected chi connectivity index (χ4v) is 6.27. The number of methoxy groups -OCH3 is 2. The molecule has 2 fully saturated rings. The maximum atomic E-state index is 14.4. The summed E-state index contributed by atoms with van der Waals surface area (Å²) in [6.45, 7) is 7.64. The van der Waals surface area contributed by atoms with Crippen molar-refractivity contribution in [3.05, 3.63) is 53.2 Å². The number of ether oxygens (including phenoxy) is 5. The highest BCUT2D eigenvalue weighted by Crippen LogP contribution is 2.52. The third-order valence-corrected chi connectivity index (χ3v) is 8.18. The first-order valence-electron chi connectivity index (χ1n) is 14.8. The third-order valence-electron chi connectivity index (χ3n) is 8.18. The average molecular weight is 623 g/mol. The van der Waals surface area contributed by atoms with Crippen LogP contribution in [0.15, 0.2) is 36.5 Å². The van der Waals surface area contributed by atoms with E-state index in [2.05, 4.69) is 4.98 Å². The van der Waals surface area contributed by atoms with Gasteiger partial charge >= 0.3 is 12.1 Å². The van der Waals surface area contributed by atoms with Gasteiger partial charge in [-0.25, -0.2) is 9.78 Å². The summed E-state index contributed by atoms with van der Waals surface area (Å²) in [7, 11) is 2.81. The van der Waals surface area contributed by atoms with E-state index in [1.165, 1.54) is 19.1 Å². The molecule has 0 radical (unpaired) electrons. The molecule has 0 spiro atoms. The number of carbonyl (C=O) groups excluding carboxylic acids is 2. The van der Waals surface area contributed by atoms with Crippen molar-refractivity contribution < 1.29 is 46.4 Å². The predicted octanol–water partition coefficient (Wildman–Crippen LogP) is 5.75. The van der Waals surface area contributed by atoms with Gasteiger partial charge in [-0.3, -0.25) is 4.79 Å². The predicted molar refractivity (Wildman–Crippen MR) is 154 cm³/mol. The van der Waals surface area contributed by atoms with Gasteiger partial charge in [0, 0.05) is 29.8 Å². The van der Waals surface area contributed by atoms with Crippen molar-refractivity contribution in [3.63, 3.8) is 0 Å². The number of para-hydroxylation sites is 1. The van der Waals surface area contributed by atoms with E-state index in [1.807, 2.05) is 20.8 Å². The number of esters is 1. The summed E-state index contributed by atoms with van der Waals surface area (Å²) in [5.41, 5.74) is -0.935. The van der Waals surface area contributed by atoms with E-state index in [4.69, 9.17) is 23.7 Å². The summed E-state index contributed by atoms with van der Waals surface area (Å²) < 4.78 is 69.8. The summed E-state index contributed by atoms with van der Waals surface area (Å²) in [6, 6.07) is 6.11. The second kappa shape index (κ2) is 13.7. The number of alkyl halides is 3. The largest absolute Gasteiger partial charge is 0.496 e. The van der Waals surface area contributed by atoms with E-state index < -0.39 is 53.3 Å². The lowest BCUT2D eigenvalue weighted by Crippen LogP contribution is -2.51. The molecule has 0 N–H and O–H groups in total. The molecule has 4 rings (SSSR count). The lowest BCUT2D eigenvalue weighted by atomic mass is 9.73. The lowest BCUT2D eigenvalue weighted by Gasteiger charge is -2.36. The molecule has 242 valence electrons. The molecule has 2 saturated heterocycles. The zero-order valence-corrected chi connectivity index (χ0v) is 26.0. The Morgan fingerprint density at radius 3 is 2.41 bits per heavy atom. The van der Waals surface area contributed by atoms with Gasteiger partial charge in [0.1, 0.15) is 17.9 Å². The summed E-state index contributed by atoms with van der Waals surface area (Å²) in [6.07, 6.45) is -3.48. The van der Waals surface area contributed by atoms with Gasteiger partial charge in [-0.15, -0.1) is 0 Å². The minimum absolute atomic E-state index is 0.0253. The molecule has 1 amide bonds.